The molecule has 2 aromatic carbocycles. The Morgan fingerprint density at radius 2 is 1.52 bits per heavy atom. The van der Waals surface area contributed by atoms with E-state index in [2.05, 4.69) is 13.2 Å². The van der Waals surface area contributed by atoms with Crippen molar-refractivity contribution in [3.05, 3.63) is 103 Å². The van der Waals surface area contributed by atoms with Crippen LogP contribution in [-0.2, 0) is 11.3 Å². The van der Waals surface area contributed by atoms with Gasteiger partial charge in [0.25, 0.3) is 5.91 Å². The number of carbonyl (C=O) groups is 1. The maximum Gasteiger partial charge on any atom is 0.266 e. The smallest absolute Gasteiger partial charge is 0.266 e. The molecule has 0 heterocycles. The standard InChI is InChI=1S/C23H23N3O/c1-3-15-25(16-4-2)23(27)21(17-24)19-26(22-13-9-6-10-14-22)18-20-11-7-5-8-12-20/h3-14,19H,1-2,15-16,18H2/b21-19-. The highest BCUT2D eigenvalue weighted by molar-refractivity contribution is 5.97. The molecule has 0 aromatic heterocycles. The van der Waals surface area contributed by atoms with Crippen LogP contribution in [0.4, 0.5) is 5.69 Å². The fourth-order valence-electron chi connectivity index (χ4n) is 2.62. The second-order valence-electron chi connectivity index (χ2n) is 5.89. The molecule has 0 atom stereocenters. The first-order chi connectivity index (χ1) is 13.2. The molecule has 0 aliphatic carbocycles. The zero-order valence-electron chi connectivity index (χ0n) is 15.3. The van der Waals surface area contributed by atoms with Crippen molar-refractivity contribution in [3.63, 3.8) is 0 Å². The van der Waals surface area contributed by atoms with Crippen molar-refractivity contribution in [2.75, 3.05) is 18.0 Å². The van der Waals surface area contributed by atoms with Crippen LogP contribution in [0, 0.1) is 11.3 Å². The van der Waals surface area contributed by atoms with Gasteiger partial charge in [-0.25, -0.2) is 0 Å². The second-order valence-corrected chi connectivity index (χ2v) is 5.89. The van der Waals surface area contributed by atoms with Gasteiger partial charge >= 0.3 is 0 Å². The molecule has 0 aliphatic heterocycles. The van der Waals surface area contributed by atoms with E-state index in [1.54, 1.807) is 18.4 Å². The van der Waals surface area contributed by atoms with E-state index in [0.29, 0.717) is 19.6 Å². The van der Waals surface area contributed by atoms with Gasteiger partial charge in [0.05, 0.1) is 0 Å². The van der Waals surface area contributed by atoms with Crippen LogP contribution >= 0.6 is 0 Å². The summed E-state index contributed by atoms with van der Waals surface area (Å²) in [4.78, 5) is 16.2. The summed E-state index contributed by atoms with van der Waals surface area (Å²) in [5.74, 6) is -0.341. The van der Waals surface area contributed by atoms with E-state index < -0.39 is 0 Å². The largest absolute Gasteiger partial charge is 0.342 e. The quantitative estimate of drug-likeness (QED) is 0.382. The Kier molecular flexibility index (Phi) is 7.62. The van der Waals surface area contributed by atoms with E-state index in [9.17, 15) is 10.1 Å². The van der Waals surface area contributed by atoms with E-state index >= 15 is 0 Å². The van der Waals surface area contributed by atoms with Crippen LogP contribution in [0.15, 0.2) is 97.7 Å². The molecule has 4 nitrogen and oxygen atoms in total. The van der Waals surface area contributed by atoms with Crippen molar-refractivity contribution >= 4 is 11.6 Å². The van der Waals surface area contributed by atoms with Crippen LogP contribution in [0.1, 0.15) is 5.56 Å². The molecule has 0 radical (unpaired) electrons. The molecular weight excluding hydrogens is 334 g/mol. The Bertz CT molecular complexity index is 825. The van der Waals surface area contributed by atoms with E-state index in [-0.39, 0.29) is 11.5 Å². The van der Waals surface area contributed by atoms with Gasteiger partial charge in [-0.15, -0.1) is 13.2 Å². The van der Waals surface area contributed by atoms with Crippen molar-refractivity contribution in [1.29, 1.82) is 5.26 Å². The molecule has 2 aromatic rings. The third kappa shape index (κ3) is 5.72. The molecule has 2 rings (SSSR count). The van der Waals surface area contributed by atoms with Crippen LogP contribution < -0.4 is 4.90 Å². The fraction of sp³-hybridized carbons (Fsp3) is 0.130. The highest BCUT2D eigenvalue weighted by Crippen LogP contribution is 2.19. The summed E-state index contributed by atoms with van der Waals surface area (Å²) in [6.07, 6.45) is 4.88. The van der Waals surface area contributed by atoms with E-state index in [1.165, 1.54) is 4.90 Å². The van der Waals surface area contributed by atoms with Crippen molar-refractivity contribution in [3.8, 4) is 6.07 Å². The molecule has 0 unspecified atom stereocenters. The van der Waals surface area contributed by atoms with Crippen molar-refractivity contribution in [2.45, 2.75) is 6.54 Å². The van der Waals surface area contributed by atoms with E-state index in [0.717, 1.165) is 11.3 Å². The fourth-order valence-corrected chi connectivity index (χ4v) is 2.62. The lowest BCUT2D eigenvalue weighted by molar-refractivity contribution is -0.125. The number of hydrogen-bond acceptors (Lipinski definition) is 3. The Morgan fingerprint density at radius 3 is 2.04 bits per heavy atom. The number of amides is 1. The summed E-state index contributed by atoms with van der Waals surface area (Å²) in [6.45, 7) is 8.61. The number of anilines is 1. The Hall–Kier alpha value is -3.58. The number of hydrogen-bond donors (Lipinski definition) is 0. The average molecular weight is 357 g/mol. The van der Waals surface area contributed by atoms with Crippen molar-refractivity contribution < 1.29 is 4.79 Å². The van der Waals surface area contributed by atoms with Gasteiger partial charge in [0.2, 0.25) is 0 Å². The molecule has 0 fully saturated rings. The lowest BCUT2D eigenvalue weighted by Gasteiger charge is -2.23. The van der Waals surface area contributed by atoms with E-state index in [1.807, 2.05) is 71.6 Å². The number of para-hydroxylation sites is 1. The number of nitrogens with zero attached hydrogens (tertiary/aromatic N) is 3. The Labute approximate surface area is 161 Å². The monoisotopic (exact) mass is 357 g/mol. The Morgan fingerprint density at radius 1 is 0.963 bits per heavy atom. The predicted molar refractivity (Wildman–Crippen MR) is 110 cm³/mol. The maximum atomic E-state index is 12.8. The normalized spacial score (nSPS) is 10.6. The molecule has 0 spiro atoms. The highest BCUT2D eigenvalue weighted by atomic mass is 16.2. The predicted octanol–water partition coefficient (Wildman–Crippen LogP) is 4.30. The van der Waals surface area contributed by atoms with Crippen LogP contribution in [-0.4, -0.2) is 23.9 Å². The molecule has 0 aliphatic rings. The first-order valence-electron chi connectivity index (χ1n) is 8.68. The first kappa shape index (κ1) is 19.7. The third-order valence-corrected chi connectivity index (χ3v) is 3.91. The second kappa shape index (κ2) is 10.4. The minimum absolute atomic E-state index is 0.0680. The molecule has 0 saturated carbocycles. The van der Waals surface area contributed by atoms with Gasteiger partial charge in [-0.05, 0) is 17.7 Å². The van der Waals surface area contributed by atoms with Crippen LogP contribution in [0.2, 0.25) is 0 Å². The topological polar surface area (TPSA) is 47.3 Å². The zero-order valence-corrected chi connectivity index (χ0v) is 15.3. The van der Waals surface area contributed by atoms with Gasteiger partial charge < -0.3 is 9.80 Å². The lowest BCUT2D eigenvalue weighted by atomic mass is 10.2. The molecule has 136 valence electrons. The number of benzene rings is 2. The molecule has 1 amide bonds. The molecule has 0 saturated heterocycles. The SMILES string of the molecule is C=CCN(CC=C)C(=O)/C(C#N)=C\N(Cc1ccccc1)c1ccccc1. The highest BCUT2D eigenvalue weighted by Gasteiger charge is 2.18. The summed E-state index contributed by atoms with van der Waals surface area (Å²) in [6, 6.07) is 21.6. The molecular formula is C23H23N3O. The van der Waals surface area contributed by atoms with Crippen LogP contribution in [0.3, 0.4) is 0 Å². The maximum absolute atomic E-state index is 12.8. The number of carbonyl (C=O) groups excluding carboxylic acids is 1. The molecule has 0 N–H and O–H groups in total. The van der Waals surface area contributed by atoms with Crippen LogP contribution in [0.25, 0.3) is 0 Å². The third-order valence-electron chi connectivity index (χ3n) is 3.91. The van der Waals surface area contributed by atoms with Gasteiger partial charge in [-0.3, -0.25) is 4.79 Å². The van der Waals surface area contributed by atoms with Gasteiger partial charge in [0, 0.05) is 31.5 Å². The number of rotatable bonds is 9. The van der Waals surface area contributed by atoms with Gasteiger partial charge in [0.15, 0.2) is 0 Å². The van der Waals surface area contributed by atoms with Gasteiger partial charge in [0.1, 0.15) is 11.6 Å². The molecule has 0 bridgehead atoms. The van der Waals surface area contributed by atoms with Gasteiger partial charge in [-0.2, -0.15) is 5.26 Å². The summed E-state index contributed by atoms with van der Waals surface area (Å²) < 4.78 is 0. The minimum atomic E-state index is -0.341. The summed E-state index contributed by atoms with van der Waals surface area (Å²) in [7, 11) is 0. The van der Waals surface area contributed by atoms with Crippen molar-refractivity contribution in [2.24, 2.45) is 0 Å². The molecule has 27 heavy (non-hydrogen) atoms. The minimum Gasteiger partial charge on any atom is -0.342 e. The average Bonchev–Trinajstić information content (AvgIpc) is 2.72. The number of nitriles is 1. The van der Waals surface area contributed by atoms with Crippen molar-refractivity contribution in [1.82, 2.24) is 4.90 Å². The zero-order chi connectivity index (χ0) is 19.5. The van der Waals surface area contributed by atoms with Gasteiger partial charge in [-0.1, -0.05) is 60.7 Å². The van der Waals surface area contributed by atoms with Crippen LogP contribution in [0.5, 0.6) is 0 Å². The van der Waals surface area contributed by atoms with E-state index in [4.69, 9.17) is 0 Å². The lowest BCUT2D eigenvalue weighted by Crippen LogP contribution is -2.33. The Balaban J connectivity index is 2.37. The first-order valence-corrected chi connectivity index (χ1v) is 8.68. The summed E-state index contributed by atoms with van der Waals surface area (Å²) in [5, 5.41) is 9.60. The summed E-state index contributed by atoms with van der Waals surface area (Å²) in [5.41, 5.74) is 2.05. The summed E-state index contributed by atoms with van der Waals surface area (Å²) >= 11 is 0. The molecule has 4 heteroatoms.